The minimum atomic E-state index is -0.494. The first-order valence-corrected chi connectivity index (χ1v) is 5.89. The van der Waals surface area contributed by atoms with Gasteiger partial charge in [0.1, 0.15) is 17.2 Å². The molecule has 100 valence electrons. The SMILES string of the molecule is Cc1ccc(F)cc1OCCC(=O)OC(C)(C)C. The molecule has 0 aromatic heterocycles. The molecule has 0 aliphatic heterocycles. The first-order valence-electron chi connectivity index (χ1n) is 5.89. The molecule has 1 aromatic rings. The second kappa shape index (κ2) is 5.85. The Labute approximate surface area is 107 Å². The topological polar surface area (TPSA) is 35.5 Å². The van der Waals surface area contributed by atoms with Crippen molar-refractivity contribution in [3.63, 3.8) is 0 Å². The van der Waals surface area contributed by atoms with Crippen LogP contribution in [0.4, 0.5) is 4.39 Å². The Kier molecular flexibility index (Phi) is 4.70. The molecule has 3 nitrogen and oxygen atoms in total. The van der Waals surface area contributed by atoms with E-state index in [0.29, 0.717) is 5.75 Å². The minimum Gasteiger partial charge on any atom is -0.493 e. The third kappa shape index (κ3) is 5.17. The molecule has 4 heteroatoms. The van der Waals surface area contributed by atoms with Crippen LogP contribution in [-0.4, -0.2) is 18.2 Å². The van der Waals surface area contributed by atoms with Gasteiger partial charge in [-0.25, -0.2) is 4.39 Å². The fraction of sp³-hybridized carbons (Fsp3) is 0.500. The van der Waals surface area contributed by atoms with E-state index >= 15 is 0 Å². The van der Waals surface area contributed by atoms with Crippen LogP contribution in [0.1, 0.15) is 32.8 Å². The predicted molar refractivity (Wildman–Crippen MR) is 67.1 cm³/mol. The molecule has 0 radical (unpaired) electrons. The molecule has 1 rings (SSSR count). The monoisotopic (exact) mass is 254 g/mol. The van der Waals surface area contributed by atoms with Gasteiger partial charge < -0.3 is 9.47 Å². The number of ether oxygens (including phenoxy) is 2. The number of halogens is 1. The molecular formula is C14H19FO3. The van der Waals surface area contributed by atoms with Gasteiger partial charge in [-0.3, -0.25) is 4.79 Å². The van der Waals surface area contributed by atoms with Crippen LogP contribution in [0.15, 0.2) is 18.2 Å². The quantitative estimate of drug-likeness (QED) is 0.774. The molecule has 0 fully saturated rings. The fourth-order valence-electron chi connectivity index (χ4n) is 1.37. The van der Waals surface area contributed by atoms with E-state index in [-0.39, 0.29) is 24.8 Å². The molecule has 0 spiro atoms. The van der Waals surface area contributed by atoms with Gasteiger partial charge in [0.2, 0.25) is 0 Å². The molecule has 0 amide bonds. The van der Waals surface area contributed by atoms with E-state index in [9.17, 15) is 9.18 Å². The van der Waals surface area contributed by atoms with Crippen LogP contribution < -0.4 is 4.74 Å². The summed E-state index contributed by atoms with van der Waals surface area (Å²) in [6.45, 7) is 7.43. The van der Waals surface area contributed by atoms with Crippen molar-refractivity contribution >= 4 is 5.97 Å². The first-order chi connectivity index (χ1) is 8.28. The van der Waals surface area contributed by atoms with Crippen LogP contribution in [0.25, 0.3) is 0 Å². The summed E-state index contributed by atoms with van der Waals surface area (Å²) in [5, 5.41) is 0. The average Bonchev–Trinajstić information content (AvgIpc) is 2.20. The van der Waals surface area contributed by atoms with Gasteiger partial charge in [-0.2, -0.15) is 0 Å². The molecule has 0 bridgehead atoms. The molecule has 0 unspecified atom stereocenters. The Morgan fingerprint density at radius 3 is 2.61 bits per heavy atom. The maximum absolute atomic E-state index is 13.0. The van der Waals surface area contributed by atoms with Gasteiger partial charge in [0.05, 0.1) is 13.0 Å². The number of hydrogen-bond acceptors (Lipinski definition) is 3. The van der Waals surface area contributed by atoms with Gasteiger partial charge in [0, 0.05) is 6.07 Å². The fourth-order valence-corrected chi connectivity index (χ4v) is 1.37. The predicted octanol–water partition coefficient (Wildman–Crippen LogP) is 3.24. The minimum absolute atomic E-state index is 0.146. The Morgan fingerprint density at radius 2 is 2.00 bits per heavy atom. The third-order valence-corrected chi connectivity index (χ3v) is 2.13. The number of benzene rings is 1. The Bertz CT molecular complexity index is 422. The lowest BCUT2D eigenvalue weighted by Crippen LogP contribution is -2.24. The van der Waals surface area contributed by atoms with Crippen LogP contribution >= 0.6 is 0 Å². The molecule has 0 saturated heterocycles. The number of hydrogen-bond donors (Lipinski definition) is 0. The number of rotatable bonds is 4. The summed E-state index contributed by atoms with van der Waals surface area (Å²) in [6.07, 6.45) is 0.146. The zero-order valence-corrected chi connectivity index (χ0v) is 11.2. The summed E-state index contributed by atoms with van der Waals surface area (Å²) in [5.41, 5.74) is 0.340. The summed E-state index contributed by atoms with van der Waals surface area (Å²) in [5.74, 6) is -0.219. The molecule has 0 heterocycles. The summed E-state index contributed by atoms with van der Waals surface area (Å²) in [6, 6.07) is 4.32. The highest BCUT2D eigenvalue weighted by Gasteiger charge is 2.16. The molecule has 18 heavy (non-hydrogen) atoms. The molecule has 0 aliphatic rings. The van der Waals surface area contributed by atoms with Crippen molar-refractivity contribution in [1.82, 2.24) is 0 Å². The van der Waals surface area contributed by atoms with Crippen molar-refractivity contribution in [2.24, 2.45) is 0 Å². The van der Waals surface area contributed by atoms with Crippen LogP contribution in [0.3, 0.4) is 0 Å². The van der Waals surface area contributed by atoms with Gasteiger partial charge >= 0.3 is 5.97 Å². The van der Waals surface area contributed by atoms with Gasteiger partial charge in [0.15, 0.2) is 0 Å². The molecule has 0 aliphatic carbocycles. The van der Waals surface area contributed by atoms with Crippen molar-refractivity contribution in [2.75, 3.05) is 6.61 Å². The zero-order valence-electron chi connectivity index (χ0n) is 11.2. The number of esters is 1. The van der Waals surface area contributed by atoms with Crippen molar-refractivity contribution in [2.45, 2.75) is 39.7 Å². The van der Waals surface area contributed by atoms with Crippen LogP contribution in [0.5, 0.6) is 5.75 Å². The largest absolute Gasteiger partial charge is 0.493 e. The highest BCUT2D eigenvalue weighted by Crippen LogP contribution is 2.19. The van der Waals surface area contributed by atoms with Crippen molar-refractivity contribution in [1.29, 1.82) is 0 Å². The summed E-state index contributed by atoms with van der Waals surface area (Å²) in [4.78, 5) is 11.4. The normalized spacial score (nSPS) is 11.2. The lowest BCUT2D eigenvalue weighted by Gasteiger charge is -2.19. The van der Waals surface area contributed by atoms with Crippen LogP contribution in [0.2, 0.25) is 0 Å². The lowest BCUT2D eigenvalue weighted by molar-refractivity contribution is -0.155. The van der Waals surface area contributed by atoms with Gasteiger partial charge in [0.25, 0.3) is 0 Å². The number of carbonyl (C=O) groups excluding carboxylic acids is 1. The first kappa shape index (κ1) is 14.5. The number of aryl methyl sites for hydroxylation is 1. The van der Waals surface area contributed by atoms with Crippen molar-refractivity contribution < 1.29 is 18.7 Å². The summed E-state index contributed by atoms with van der Waals surface area (Å²) >= 11 is 0. The molecule has 0 N–H and O–H groups in total. The zero-order chi connectivity index (χ0) is 13.8. The van der Waals surface area contributed by atoms with E-state index in [0.717, 1.165) is 5.56 Å². The van der Waals surface area contributed by atoms with Crippen LogP contribution in [0, 0.1) is 12.7 Å². The standard InChI is InChI=1S/C14H19FO3/c1-10-5-6-11(15)9-12(10)17-8-7-13(16)18-14(2,3)4/h5-6,9H,7-8H2,1-4H3. The smallest absolute Gasteiger partial charge is 0.309 e. The number of carbonyl (C=O) groups is 1. The molecule has 1 aromatic carbocycles. The maximum Gasteiger partial charge on any atom is 0.309 e. The van der Waals surface area contributed by atoms with E-state index in [2.05, 4.69) is 0 Å². The molecule has 0 saturated carbocycles. The highest BCUT2D eigenvalue weighted by atomic mass is 19.1. The van der Waals surface area contributed by atoms with Crippen LogP contribution in [-0.2, 0) is 9.53 Å². The highest BCUT2D eigenvalue weighted by molar-refractivity contribution is 5.70. The Balaban J connectivity index is 2.42. The maximum atomic E-state index is 13.0. The molecule has 0 atom stereocenters. The van der Waals surface area contributed by atoms with Crippen molar-refractivity contribution in [3.05, 3.63) is 29.6 Å². The summed E-state index contributed by atoms with van der Waals surface area (Å²) < 4.78 is 23.5. The van der Waals surface area contributed by atoms with E-state index in [1.54, 1.807) is 6.07 Å². The van der Waals surface area contributed by atoms with Gasteiger partial charge in [-0.05, 0) is 39.3 Å². The van der Waals surface area contributed by atoms with E-state index in [4.69, 9.17) is 9.47 Å². The second-order valence-electron chi connectivity index (χ2n) is 5.09. The Morgan fingerprint density at radius 1 is 1.33 bits per heavy atom. The third-order valence-electron chi connectivity index (χ3n) is 2.13. The Hall–Kier alpha value is -1.58. The summed E-state index contributed by atoms with van der Waals surface area (Å²) in [7, 11) is 0. The van der Waals surface area contributed by atoms with E-state index in [1.807, 2.05) is 27.7 Å². The van der Waals surface area contributed by atoms with Crippen molar-refractivity contribution in [3.8, 4) is 5.75 Å². The molecular weight excluding hydrogens is 235 g/mol. The van der Waals surface area contributed by atoms with Gasteiger partial charge in [-0.1, -0.05) is 6.07 Å². The van der Waals surface area contributed by atoms with E-state index in [1.165, 1.54) is 12.1 Å². The average molecular weight is 254 g/mol. The lowest BCUT2D eigenvalue weighted by atomic mass is 10.2. The van der Waals surface area contributed by atoms with Gasteiger partial charge in [-0.15, -0.1) is 0 Å². The second-order valence-corrected chi connectivity index (χ2v) is 5.09. The van der Waals surface area contributed by atoms with E-state index < -0.39 is 5.60 Å².